The highest BCUT2D eigenvalue weighted by molar-refractivity contribution is 9.10. The van der Waals surface area contributed by atoms with Gasteiger partial charge in [-0.15, -0.1) is 0 Å². The van der Waals surface area contributed by atoms with Crippen molar-refractivity contribution in [3.05, 3.63) is 10.8 Å². The zero-order valence-corrected chi connectivity index (χ0v) is 10.6. The average molecular weight is 303 g/mol. The van der Waals surface area contributed by atoms with Crippen molar-refractivity contribution in [2.75, 3.05) is 11.4 Å². The number of thiazole rings is 1. The highest BCUT2D eigenvalue weighted by Crippen LogP contribution is 2.26. The molecule has 84 valence electrons. The number of carboxylic acid groups (broad SMARTS) is 1. The molecule has 6 nitrogen and oxygen atoms in total. The average Bonchev–Trinajstić information content (AvgIpc) is 2.60. The SMILES string of the molecule is CCN(C(=O)O)c1nc2ncc(Br)nc2s1. The minimum absolute atomic E-state index is 0.344. The molecule has 16 heavy (non-hydrogen) atoms. The number of anilines is 1. The second-order valence-corrected chi connectivity index (χ2v) is 4.61. The van der Waals surface area contributed by atoms with Crippen LogP contribution in [0.15, 0.2) is 10.8 Å². The largest absolute Gasteiger partial charge is 0.465 e. The third-order valence-electron chi connectivity index (χ3n) is 1.86. The van der Waals surface area contributed by atoms with Gasteiger partial charge in [-0.1, -0.05) is 11.3 Å². The van der Waals surface area contributed by atoms with Crippen LogP contribution in [0.5, 0.6) is 0 Å². The topological polar surface area (TPSA) is 79.2 Å². The molecular formula is C8H7BrN4O2S. The smallest absolute Gasteiger partial charge is 0.413 e. The van der Waals surface area contributed by atoms with Crippen molar-refractivity contribution in [1.82, 2.24) is 15.0 Å². The summed E-state index contributed by atoms with van der Waals surface area (Å²) in [6.45, 7) is 2.09. The predicted octanol–water partition coefficient (Wildman–Crippen LogP) is 2.35. The van der Waals surface area contributed by atoms with Gasteiger partial charge in [0.15, 0.2) is 15.6 Å². The van der Waals surface area contributed by atoms with E-state index in [1.807, 2.05) is 0 Å². The molecule has 2 aromatic rings. The number of hydrogen-bond donors (Lipinski definition) is 1. The van der Waals surface area contributed by atoms with Crippen LogP contribution in [0.1, 0.15) is 6.92 Å². The minimum atomic E-state index is -1.03. The van der Waals surface area contributed by atoms with Gasteiger partial charge in [0.05, 0.1) is 6.20 Å². The van der Waals surface area contributed by atoms with Gasteiger partial charge in [-0.05, 0) is 22.9 Å². The first kappa shape index (κ1) is 11.2. The van der Waals surface area contributed by atoms with Gasteiger partial charge in [0, 0.05) is 6.54 Å². The van der Waals surface area contributed by atoms with E-state index in [0.717, 1.165) is 4.90 Å². The predicted molar refractivity (Wildman–Crippen MR) is 64.0 cm³/mol. The number of rotatable bonds is 2. The number of hydrogen-bond acceptors (Lipinski definition) is 5. The van der Waals surface area contributed by atoms with Gasteiger partial charge >= 0.3 is 6.09 Å². The fraction of sp³-hybridized carbons (Fsp3) is 0.250. The highest BCUT2D eigenvalue weighted by atomic mass is 79.9. The number of nitrogens with zero attached hydrogens (tertiary/aromatic N) is 4. The molecule has 0 spiro atoms. The van der Waals surface area contributed by atoms with Crippen molar-refractivity contribution in [1.29, 1.82) is 0 Å². The molecule has 0 aromatic carbocycles. The zero-order chi connectivity index (χ0) is 11.7. The Morgan fingerprint density at radius 1 is 1.62 bits per heavy atom. The highest BCUT2D eigenvalue weighted by Gasteiger charge is 2.17. The van der Waals surface area contributed by atoms with E-state index < -0.39 is 6.09 Å². The van der Waals surface area contributed by atoms with Gasteiger partial charge in [0.2, 0.25) is 0 Å². The maximum Gasteiger partial charge on any atom is 0.413 e. The molecule has 0 aliphatic rings. The third kappa shape index (κ3) is 1.98. The molecule has 2 aromatic heterocycles. The Morgan fingerprint density at radius 3 is 3.00 bits per heavy atom. The van der Waals surface area contributed by atoms with Crippen molar-refractivity contribution >= 4 is 49.0 Å². The monoisotopic (exact) mass is 302 g/mol. The normalized spacial score (nSPS) is 10.6. The Kier molecular flexibility index (Phi) is 3.01. The van der Waals surface area contributed by atoms with Gasteiger partial charge < -0.3 is 5.11 Å². The maximum atomic E-state index is 10.9. The lowest BCUT2D eigenvalue weighted by atomic mass is 10.6. The standard InChI is InChI=1S/C8H7BrN4O2S/c1-2-13(8(14)15)7-12-5-6(16-7)11-4(9)3-10-5/h3H,2H2,1H3,(H,14,15). The summed E-state index contributed by atoms with van der Waals surface area (Å²) in [4.78, 5) is 25.0. The second-order valence-electron chi connectivity index (χ2n) is 2.84. The lowest BCUT2D eigenvalue weighted by molar-refractivity contribution is 0.202. The number of amides is 1. The van der Waals surface area contributed by atoms with Crippen molar-refractivity contribution in [2.24, 2.45) is 0 Å². The molecule has 0 unspecified atom stereocenters. The first-order chi connectivity index (χ1) is 7.61. The van der Waals surface area contributed by atoms with Crippen molar-refractivity contribution in [3.63, 3.8) is 0 Å². The molecule has 0 saturated heterocycles. The van der Waals surface area contributed by atoms with Crippen LogP contribution >= 0.6 is 27.3 Å². The van der Waals surface area contributed by atoms with Gasteiger partial charge in [0.1, 0.15) is 4.60 Å². The Morgan fingerprint density at radius 2 is 2.38 bits per heavy atom. The van der Waals surface area contributed by atoms with Crippen LogP contribution in [-0.4, -0.2) is 32.7 Å². The molecule has 2 rings (SSSR count). The molecule has 2 heterocycles. The van der Waals surface area contributed by atoms with Gasteiger partial charge in [-0.25, -0.2) is 14.8 Å². The van der Waals surface area contributed by atoms with Gasteiger partial charge in [-0.2, -0.15) is 4.98 Å². The molecule has 8 heteroatoms. The molecule has 0 atom stereocenters. The molecular weight excluding hydrogens is 296 g/mol. The van der Waals surface area contributed by atoms with E-state index in [1.165, 1.54) is 17.5 Å². The van der Waals surface area contributed by atoms with Crippen molar-refractivity contribution in [2.45, 2.75) is 6.92 Å². The zero-order valence-electron chi connectivity index (χ0n) is 8.21. The summed E-state index contributed by atoms with van der Waals surface area (Å²) in [6, 6.07) is 0. The summed E-state index contributed by atoms with van der Waals surface area (Å²) in [5.74, 6) is 0. The van der Waals surface area contributed by atoms with E-state index in [9.17, 15) is 4.79 Å². The Bertz CT molecular complexity index is 544. The van der Waals surface area contributed by atoms with E-state index in [-0.39, 0.29) is 0 Å². The second kappa shape index (κ2) is 4.30. The molecule has 0 aliphatic heterocycles. The summed E-state index contributed by atoms with van der Waals surface area (Å²) in [5.41, 5.74) is 0.461. The molecule has 1 amide bonds. The number of fused-ring (bicyclic) bond motifs is 1. The Hall–Kier alpha value is -1.28. The Labute approximate surface area is 103 Å². The van der Waals surface area contributed by atoms with Crippen LogP contribution in [0.2, 0.25) is 0 Å². The van der Waals surface area contributed by atoms with Crippen molar-refractivity contribution < 1.29 is 9.90 Å². The number of halogens is 1. The van der Waals surface area contributed by atoms with Crippen LogP contribution in [0.3, 0.4) is 0 Å². The summed E-state index contributed by atoms with van der Waals surface area (Å²) in [6.07, 6.45) is 0.503. The molecule has 0 radical (unpaired) electrons. The fourth-order valence-electron chi connectivity index (χ4n) is 1.16. The molecule has 0 fully saturated rings. The quantitative estimate of drug-likeness (QED) is 0.921. The van der Waals surface area contributed by atoms with Crippen LogP contribution < -0.4 is 4.90 Å². The lowest BCUT2D eigenvalue weighted by Gasteiger charge is -2.11. The summed E-state index contributed by atoms with van der Waals surface area (Å²) >= 11 is 4.40. The van der Waals surface area contributed by atoms with E-state index >= 15 is 0 Å². The van der Waals surface area contributed by atoms with E-state index in [1.54, 1.807) is 6.92 Å². The summed E-state index contributed by atoms with van der Waals surface area (Å²) in [7, 11) is 0. The van der Waals surface area contributed by atoms with E-state index in [2.05, 4.69) is 30.9 Å². The van der Waals surface area contributed by atoms with Crippen LogP contribution in [0, 0.1) is 0 Å². The number of aromatic nitrogens is 3. The summed E-state index contributed by atoms with van der Waals surface area (Å²) in [5, 5.41) is 9.34. The molecule has 1 N–H and O–H groups in total. The lowest BCUT2D eigenvalue weighted by Crippen LogP contribution is -2.28. The van der Waals surface area contributed by atoms with Crippen LogP contribution in [-0.2, 0) is 0 Å². The molecule has 0 bridgehead atoms. The van der Waals surface area contributed by atoms with Crippen molar-refractivity contribution in [3.8, 4) is 0 Å². The van der Waals surface area contributed by atoms with Gasteiger partial charge in [0.25, 0.3) is 0 Å². The summed E-state index contributed by atoms with van der Waals surface area (Å²) < 4.78 is 0.605. The van der Waals surface area contributed by atoms with Gasteiger partial charge in [-0.3, -0.25) is 4.90 Å². The first-order valence-corrected chi connectivity index (χ1v) is 6.02. The third-order valence-corrected chi connectivity index (χ3v) is 3.20. The first-order valence-electron chi connectivity index (χ1n) is 4.41. The maximum absolute atomic E-state index is 10.9. The minimum Gasteiger partial charge on any atom is -0.465 e. The van der Waals surface area contributed by atoms with Crippen LogP contribution in [0.25, 0.3) is 10.5 Å². The molecule has 0 saturated carbocycles. The van der Waals surface area contributed by atoms with Crippen LogP contribution in [0.4, 0.5) is 9.93 Å². The van der Waals surface area contributed by atoms with E-state index in [4.69, 9.17) is 5.11 Å². The number of carbonyl (C=O) groups is 1. The Balaban J connectivity index is 2.49. The fourth-order valence-corrected chi connectivity index (χ4v) is 2.51. The van der Waals surface area contributed by atoms with E-state index in [0.29, 0.717) is 26.8 Å². The molecule has 0 aliphatic carbocycles.